The second-order valence-corrected chi connectivity index (χ2v) is 5.09. The third-order valence-electron chi connectivity index (χ3n) is 4.02. The van der Waals surface area contributed by atoms with E-state index in [1.807, 2.05) is 0 Å². The molecule has 6 heteroatoms. The predicted octanol–water partition coefficient (Wildman–Crippen LogP) is 1.10. The fraction of sp³-hybridized carbons (Fsp3) is 0.583. The molecule has 5 N–H and O–H groups in total. The van der Waals surface area contributed by atoms with Gasteiger partial charge in [-0.3, -0.25) is 0 Å². The number of hydrogen-bond donors (Lipinski definition) is 3. The van der Waals surface area contributed by atoms with Gasteiger partial charge in [-0.25, -0.2) is 15.0 Å². The quantitative estimate of drug-likeness (QED) is 0.735. The highest BCUT2D eigenvalue weighted by atomic mass is 15.1. The van der Waals surface area contributed by atoms with E-state index in [0.717, 1.165) is 24.2 Å². The number of nitrogen functional groups attached to an aromatic ring is 1. The van der Waals surface area contributed by atoms with Gasteiger partial charge in [0, 0.05) is 12.0 Å². The van der Waals surface area contributed by atoms with E-state index in [1.54, 1.807) is 0 Å². The second kappa shape index (κ2) is 4.20. The van der Waals surface area contributed by atoms with Crippen LogP contribution in [0.2, 0.25) is 0 Å². The van der Waals surface area contributed by atoms with Crippen molar-refractivity contribution in [1.82, 2.24) is 19.9 Å². The van der Waals surface area contributed by atoms with Gasteiger partial charge in [0.25, 0.3) is 0 Å². The van der Waals surface area contributed by atoms with Crippen molar-refractivity contribution in [3.63, 3.8) is 0 Å². The zero-order valence-corrected chi connectivity index (χ0v) is 10.3. The largest absolute Gasteiger partial charge is 0.382 e. The van der Waals surface area contributed by atoms with Crippen LogP contribution in [0, 0.1) is 0 Å². The molecule has 0 bridgehead atoms. The van der Waals surface area contributed by atoms with Crippen molar-refractivity contribution in [3.8, 4) is 0 Å². The number of aromatic nitrogens is 4. The van der Waals surface area contributed by atoms with E-state index in [4.69, 9.17) is 11.5 Å². The van der Waals surface area contributed by atoms with Gasteiger partial charge in [0.1, 0.15) is 17.7 Å². The van der Waals surface area contributed by atoms with Crippen molar-refractivity contribution < 1.29 is 0 Å². The molecule has 2 aromatic heterocycles. The molecule has 2 heterocycles. The average Bonchev–Trinajstić information content (AvgIpc) is 2.85. The van der Waals surface area contributed by atoms with E-state index in [2.05, 4.69) is 19.9 Å². The zero-order chi connectivity index (χ0) is 12.6. The number of nitrogens with one attached hydrogen (secondary N) is 1. The van der Waals surface area contributed by atoms with Crippen LogP contribution < -0.4 is 11.5 Å². The number of aromatic amines is 1. The molecule has 3 rings (SSSR count). The highest BCUT2D eigenvalue weighted by Crippen LogP contribution is 2.37. The van der Waals surface area contributed by atoms with Gasteiger partial charge in [0.2, 0.25) is 0 Å². The Morgan fingerprint density at radius 2 is 2.00 bits per heavy atom. The van der Waals surface area contributed by atoms with Gasteiger partial charge < -0.3 is 16.5 Å². The van der Waals surface area contributed by atoms with E-state index < -0.39 is 0 Å². The molecule has 0 atom stereocenters. The van der Waals surface area contributed by atoms with Crippen LogP contribution in [0.3, 0.4) is 0 Å². The van der Waals surface area contributed by atoms with Gasteiger partial charge in [0.05, 0.1) is 0 Å². The van der Waals surface area contributed by atoms with Gasteiger partial charge >= 0.3 is 0 Å². The van der Waals surface area contributed by atoms with E-state index >= 15 is 0 Å². The van der Waals surface area contributed by atoms with E-state index in [1.165, 1.54) is 25.6 Å². The minimum absolute atomic E-state index is 0.0363. The maximum atomic E-state index is 6.00. The highest BCUT2D eigenvalue weighted by Gasteiger charge is 2.35. The number of hydrogen-bond acceptors (Lipinski definition) is 5. The second-order valence-electron chi connectivity index (χ2n) is 5.09. The fourth-order valence-corrected chi connectivity index (χ4v) is 2.86. The van der Waals surface area contributed by atoms with E-state index in [0.29, 0.717) is 18.0 Å². The van der Waals surface area contributed by atoms with Crippen LogP contribution in [0.1, 0.15) is 37.9 Å². The summed E-state index contributed by atoms with van der Waals surface area (Å²) in [5, 5.41) is 0. The lowest BCUT2D eigenvalue weighted by Gasteiger charge is -2.34. The Kier molecular flexibility index (Phi) is 2.66. The third-order valence-corrected chi connectivity index (χ3v) is 4.02. The summed E-state index contributed by atoms with van der Waals surface area (Å²) in [7, 11) is 0. The Morgan fingerprint density at radius 3 is 2.67 bits per heavy atom. The molecular weight excluding hydrogens is 228 g/mol. The minimum Gasteiger partial charge on any atom is -0.382 e. The summed E-state index contributed by atoms with van der Waals surface area (Å²) in [5.41, 5.74) is 13.2. The van der Waals surface area contributed by atoms with Crippen molar-refractivity contribution in [2.75, 3.05) is 12.3 Å². The molecule has 0 amide bonds. The Hall–Kier alpha value is -1.69. The van der Waals surface area contributed by atoms with Crippen molar-refractivity contribution >= 4 is 17.0 Å². The molecule has 0 saturated heterocycles. The molecule has 0 spiro atoms. The van der Waals surface area contributed by atoms with Gasteiger partial charge in [-0.15, -0.1) is 0 Å². The van der Waals surface area contributed by atoms with Crippen molar-refractivity contribution in [3.05, 3.63) is 12.2 Å². The average molecular weight is 246 g/mol. The van der Waals surface area contributed by atoms with Crippen LogP contribution in [0.4, 0.5) is 5.82 Å². The molecule has 0 aliphatic heterocycles. The van der Waals surface area contributed by atoms with Crippen molar-refractivity contribution in [1.29, 1.82) is 0 Å². The van der Waals surface area contributed by atoms with Crippen molar-refractivity contribution in [2.24, 2.45) is 5.73 Å². The number of anilines is 1. The molecule has 0 unspecified atom stereocenters. The number of imidazole rings is 1. The first-order chi connectivity index (χ1) is 8.75. The summed E-state index contributed by atoms with van der Waals surface area (Å²) in [4.78, 5) is 16.0. The lowest BCUT2D eigenvalue weighted by Crippen LogP contribution is -2.38. The molecule has 18 heavy (non-hydrogen) atoms. The van der Waals surface area contributed by atoms with E-state index in [-0.39, 0.29) is 5.41 Å². The molecule has 0 radical (unpaired) electrons. The summed E-state index contributed by atoms with van der Waals surface area (Å²) in [6.45, 7) is 0.611. The maximum absolute atomic E-state index is 6.00. The highest BCUT2D eigenvalue weighted by molar-refractivity contribution is 5.81. The number of nitrogens with zero attached hydrogens (tertiary/aromatic N) is 3. The maximum Gasteiger partial charge on any atom is 0.183 e. The van der Waals surface area contributed by atoms with Crippen LogP contribution in [0.15, 0.2) is 6.33 Å². The predicted molar refractivity (Wildman–Crippen MR) is 69.9 cm³/mol. The third kappa shape index (κ3) is 1.64. The molecule has 1 aliphatic rings. The van der Waals surface area contributed by atoms with Gasteiger partial charge in [-0.1, -0.05) is 19.3 Å². The Bertz CT molecular complexity index is 555. The van der Waals surface area contributed by atoms with Crippen LogP contribution in [0.25, 0.3) is 11.2 Å². The standard InChI is InChI=1S/C12H18N6/c13-6-12(4-2-1-3-5-12)11-17-8-9(14)15-7-16-10(8)18-11/h7H,1-6,13H2,(H3,14,15,16,17,18). The number of rotatable bonds is 2. The first kappa shape index (κ1) is 11.4. The fourth-order valence-electron chi connectivity index (χ4n) is 2.86. The summed E-state index contributed by atoms with van der Waals surface area (Å²) >= 11 is 0. The number of nitrogens with two attached hydrogens (primary N) is 2. The molecule has 96 valence electrons. The first-order valence-corrected chi connectivity index (χ1v) is 6.42. The summed E-state index contributed by atoms with van der Waals surface area (Å²) in [6.07, 6.45) is 7.29. The Morgan fingerprint density at radius 1 is 1.22 bits per heavy atom. The lowest BCUT2D eigenvalue weighted by molar-refractivity contribution is 0.288. The van der Waals surface area contributed by atoms with E-state index in [9.17, 15) is 0 Å². The summed E-state index contributed by atoms with van der Waals surface area (Å²) in [6, 6.07) is 0. The van der Waals surface area contributed by atoms with Crippen LogP contribution in [0.5, 0.6) is 0 Å². The van der Waals surface area contributed by atoms with Gasteiger partial charge in [-0.05, 0) is 12.8 Å². The van der Waals surface area contributed by atoms with Gasteiger partial charge in [0.15, 0.2) is 11.5 Å². The summed E-state index contributed by atoms with van der Waals surface area (Å²) in [5.74, 6) is 1.37. The molecule has 1 saturated carbocycles. The van der Waals surface area contributed by atoms with Crippen LogP contribution in [-0.4, -0.2) is 26.5 Å². The number of fused-ring (bicyclic) bond motifs is 1. The van der Waals surface area contributed by atoms with Gasteiger partial charge in [-0.2, -0.15) is 0 Å². The number of H-pyrrole nitrogens is 1. The van der Waals surface area contributed by atoms with Crippen LogP contribution >= 0.6 is 0 Å². The first-order valence-electron chi connectivity index (χ1n) is 6.42. The normalized spacial score (nSPS) is 19.2. The molecular formula is C12H18N6. The molecule has 1 aliphatic carbocycles. The molecule has 0 aromatic carbocycles. The molecule has 1 fully saturated rings. The Balaban J connectivity index is 2.09. The topological polar surface area (TPSA) is 106 Å². The molecule has 2 aromatic rings. The zero-order valence-electron chi connectivity index (χ0n) is 10.3. The minimum atomic E-state index is -0.0363. The Labute approximate surface area is 105 Å². The molecule has 6 nitrogen and oxygen atoms in total. The summed E-state index contributed by atoms with van der Waals surface area (Å²) < 4.78 is 0. The van der Waals surface area contributed by atoms with Crippen LogP contribution in [-0.2, 0) is 5.41 Å². The smallest absolute Gasteiger partial charge is 0.183 e. The monoisotopic (exact) mass is 246 g/mol. The lowest BCUT2D eigenvalue weighted by atomic mass is 9.73. The SMILES string of the molecule is NCC1(c2nc3ncnc(N)c3[nH]2)CCCCC1. The van der Waals surface area contributed by atoms with Crippen molar-refractivity contribution in [2.45, 2.75) is 37.5 Å².